The van der Waals surface area contributed by atoms with Crippen molar-refractivity contribution in [1.82, 2.24) is 4.90 Å². The molecule has 1 N–H and O–H groups in total. The van der Waals surface area contributed by atoms with E-state index in [1.54, 1.807) is 18.7 Å². The summed E-state index contributed by atoms with van der Waals surface area (Å²) in [4.78, 5) is 14.8. The van der Waals surface area contributed by atoms with Crippen molar-refractivity contribution in [3.8, 4) is 0 Å². The van der Waals surface area contributed by atoms with E-state index in [0.717, 1.165) is 4.90 Å². The van der Waals surface area contributed by atoms with Crippen LogP contribution in [0, 0.1) is 0 Å². The van der Waals surface area contributed by atoms with Gasteiger partial charge < -0.3 is 10.0 Å². The minimum atomic E-state index is -0.844. The lowest BCUT2D eigenvalue weighted by Gasteiger charge is -2.28. The smallest absolute Gasteiger partial charge is 0.233 e. The molecule has 3 nitrogen and oxygen atoms in total. The van der Waals surface area contributed by atoms with E-state index in [4.69, 9.17) is 0 Å². The number of nitrogens with zero attached hydrogens (tertiary/aromatic N) is 1. The van der Waals surface area contributed by atoms with Crippen LogP contribution in [0.1, 0.15) is 20.8 Å². The summed E-state index contributed by atoms with van der Waals surface area (Å²) < 4.78 is 0. The molecule has 0 heterocycles. The molecule has 1 aromatic carbocycles. The summed E-state index contributed by atoms with van der Waals surface area (Å²) in [5.74, 6) is 0.474. The van der Waals surface area contributed by atoms with Gasteiger partial charge in [0.25, 0.3) is 0 Å². The molecule has 100 valence electrons. The number of likely N-dealkylation sites (N-methyl/N-ethyl adjacent to an activating group) is 1. The van der Waals surface area contributed by atoms with E-state index in [1.807, 2.05) is 37.3 Å². The van der Waals surface area contributed by atoms with Gasteiger partial charge in [0.15, 0.2) is 0 Å². The first kappa shape index (κ1) is 15.1. The lowest BCUT2D eigenvalue weighted by Crippen LogP contribution is -2.42. The molecule has 4 heteroatoms. The number of hydrogen-bond donors (Lipinski definition) is 1. The molecule has 0 bridgehead atoms. The summed E-state index contributed by atoms with van der Waals surface area (Å²) in [6, 6.07) is 9.86. The van der Waals surface area contributed by atoms with Crippen LogP contribution < -0.4 is 0 Å². The van der Waals surface area contributed by atoms with Crippen LogP contribution in [0.4, 0.5) is 0 Å². The zero-order chi connectivity index (χ0) is 13.6. The number of benzene rings is 1. The fourth-order valence-electron chi connectivity index (χ4n) is 1.60. The lowest BCUT2D eigenvalue weighted by atomic mass is 10.1. The van der Waals surface area contributed by atoms with E-state index in [2.05, 4.69) is 0 Å². The Kier molecular flexibility index (Phi) is 5.69. The SMILES string of the molecule is CCN(CC(C)(C)O)C(=O)CSc1ccccc1. The number of rotatable bonds is 6. The molecule has 0 aliphatic carbocycles. The number of carbonyl (C=O) groups excluding carboxylic acids is 1. The van der Waals surface area contributed by atoms with Gasteiger partial charge in [0.2, 0.25) is 5.91 Å². The van der Waals surface area contributed by atoms with Crippen molar-refractivity contribution in [3.63, 3.8) is 0 Å². The zero-order valence-electron chi connectivity index (χ0n) is 11.2. The number of amides is 1. The summed E-state index contributed by atoms with van der Waals surface area (Å²) in [6.45, 7) is 6.35. The number of hydrogen-bond acceptors (Lipinski definition) is 3. The highest BCUT2D eigenvalue weighted by Gasteiger charge is 2.21. The fourth-order valence-corrected chi connectivity index (χ4v) is 2.42. The van der Waals surface area contributed by atoms with Crippen molar-refractivity contribution in [3.05, 3.63) is 30.3 Å². The second-order valence-electron chi connectivity index (χ2n) is 4.82. The highest BCUT2D eigenvalue weighted by molar-refractivity contribution is 8.00. The van der Waals surface area contributed by atoms with Crippen LogP contribution in [-0.2, 0) is 4.79 Å². The Morgan fingerprint density at radius 1 is 1.33 bits per heavy atom. The Bertz CT molecular complexity index is 373. The van der Waals surface area contributed by atoms with Crippen LogP contribution in [0.25, 0.3) is 0 Å². The highest BCUT2D eigenvalue weighted by Crippen LogP contribution is 2.18. The van der Waals surface area contributed by atoms with Crippen molar-refractivity contribution < 1.29 is 9.90 Å². The second-order valence-corrected chi connectivity index (χ2v) is 5.87. The van der Waals surface area contributed by atoms with Crippen molar-refractivity contribution in [2.45, 2.75) is 31.3 Å². The number of thioether (sulfide) groups is 1. The minimum Gasteiger partial charge on any atom is -0.389 e. The van der Waals surface area contributed by atoms with E-state index in [1.165, 1.54) is 11.8 Å². The first-order chi connectivity index (χ1) is 8.42. The zero-order valence-corrected chi connectivity index (χ0v) is 12.0. The molecule has 1 amide bonds. The van der Waals surface area contributed by atoms with E-state index in [9.17, 15) is 9.90 Å². The third-order valence-corrected chi connectivity index (χ3v) is 3.41. The van der Waals surface area contributed by atoms with Gasteiger partial charge in [-0.15, -0.1) is 11.8 Å². The molecule has 0 aliphatic rings. The molecule has 0 fully saturated rings. The molecule has 0 unspecified atom stereocenters. The average Bonchev–Trinajstić information content (AvgIpc) is 2.33. The molecule has 0 radical (unpaired) electrons. The summed E-state index contributed by atoms with van der Waals surface area (Å²) in [6.07, 6.45) is 0. The first-order valence-electron chi connectivity index (χ1n) is 6.10. The van der Waals surface area contributed by atoms with Crippen LogP contribution in [-0.4, -0.2) is 40.4 Å². The molecule has 0 aromatic heterocycles. The fraction of sp³-hybridized carbons (Fsp3) is 0.500. The maximum atomic E-state index is 12.0. The average molecular weight is 267 g/mol. The standard InChI is InChI=1S/C14H21NO2S/c1-4-15(11-14(2,3)17)13(16)10-18-12-8-6-5-7-9-12/h5-9,17H,4,10-11H2,1-3H3. The molecular formula is C14H21NO2S. The largest absolute Gasteiger partial charge is 0.389 e. The first-order valence-corrected chi connectivity index (χ1v) is 7.09. The molecular weight excluding hydrogens is 246 g/mol. The Morgan fingerprint density at radius 2 is 1.94 bits per heavy atom. The molecule has 0 atom stereocenters. The number of aliphatic hydroxyl groups is 1. The molecule has 1 aromatic rings. The predicted octanol–water partition coefficient (Wildman–Crippen LogP) is 2.40. The molecule has 18 heavy (non-hydrogen) atoms. The highest BCUT2D eigenvalue weighted by atomic mass is 32.2. The maximum absolute atomic E-state index is 12.0. The predicted molar refractivity (Wildman–Crippen MR) is 75.7 cm³/mol. The second kappa shape index (κ2) is 6.81. The molecule has 0 spiro atoms. The van der Waals surface area contributed by atoms with Crippen molar-refractivity contribution >= 4 is 17.7 Å². The molecule has 0 saturated heterocycles. The topological polar surface area (TPSA) is 40.5 Å². The normalized spacial score (nSPS) is 11.3. The van der Waals surface area contributed by atoms with E-state index in [0.29, 0.717) is 18.8 Å². The van der Waals surface area contributed by atoms with E-state index < -0.39 is 5.60 Å². The van der Waals surface area contributed by atoms with Gasteiger partial charge in [-0.05, 0) is 32.9 Å². The van der Waals surface area contributed by atoms with Crippen LogP contribution in [0.15, 0.2) is 35.2 Å². The van der Waals surface area contributed by atoms with Gasteiger partial charge in [-0.2, -0.15) is 0 Å². The van der Waals surface area contributed by atoms with E-state index in [-0.39, 0.29) is 5.91 Å². The Balaban J connectivity index is 2.48. The van der Waals surface area contributed by atoms with Crippen LogP contribution in [0.5, 0.6) is 0 Å². The Hall–Kier alpha value is -1.00. The van der Waals surface area contributed by atoms with Crippen molar-refractivity contribution in [2.24, 2.45) is 0 Å². The third-order valence-electron chi connectivity index (χ3n) is 2.42. The van der Waals surface area contributed by atoms with Gasteiger partial charge in [-0.1, -0.05) is 18.2 Å². The monoisotopic (exact) mass is 267 g/mol. The lowest BCUT2D eigenvalue weighted by molar-refractivity contribution is -0.131. The summed E-state index contributed by atoms with van der Waals surface area (Å²) in [5, 5.41) is 9.75. The molecule has 0 saturated carbocycles. The quantitative estimate of drug-likeness (QED) is 0.805. The third kappa shape index (κ3) is 5.56. The van der Waals surface area contributed by atoms with E-state index >= 15 is 0 Å². The summed E-state index contributed by atoms with van der Waals surface area (Å²) in [7, 11) is 0. The Morgan fingerprint density at radius 3 is 2.44 bits per heavy atom. The minimum absolute atomic E-state index is 0.0634. The van der Waals surface area contributed by atoms with Gasteiger partial charge >= 0.3 is 0 Å². The van der Waals surface area contributed by atoms with Crippen molar-refractivity contribution in [2.75, 3.05) is 18.8 Å². The van der Waals surface area contributed by atoms with Gasteiger partial charge in [0.05, 0.1) is 11.4 Å². The molecule has 0 aliphatic heterocycles. The summed E-state index contributed by atoms with van der Waals surface area (Å²) >= 11 is 1.53. The maximum Gasteiger partial charge on any atom is 0.233 e. The Labute approximate surface area is 113 Å². The van der Waals surface area contributed by atoms with Crippen LogP contribution in [0.2, 0.25) is 0 Å². The van der Waals surface area contributed by atoms with Gasteiger partial charge in [-0.3, -0.25) is 4.79 Å². The number of carbonyl (C=O) groups is 1. The van der Waals surface area contributed by atoms with Gasteiger partial charge in [0.1, 0.15) is 0 Å². The van der Waals surface area contributed by atoms with Crippen LogP contribution in [0.3, 0.4) is 0 Å². The van der Waals surface area contributed by atoms with Crippen LogP contribution >= 0.6 is 11.8 Å². The van der Waals surface area contributed by atoms with Gasteiger partial charge in [-0.25, -0.2) is 0 Å². The van der Waals surface area contributed by atoms with Crippen molar-refractivity contribution in [1.29, 1.82) is 0 Å². The van der Waals surface area contributed by atoms with Gasteiger partial charge in [0, 0.05) is 18.0 Å². The molecule has 1 rings (SSSR count). The summed E-state index contributed by atoms with van der Waals surface area (Å²) in [5.41, 5.74) is -0.844.